The Hall–Kier alpha value is -1.13. The Morgan fingerprint density at radius 1 is 1.17 bits per heavy atom. The minimum Gasteiger partial charge on any atom is -0.298 e. The molecule has 0 heterocycles. The van der Waals surface area contributed by atoms with Crippen LogP contribution in [0.4, 0.5) is 4.39 Å². The number of halogens is 2. The van der Waals surface area contributed by atoms with Crippen molar-refractivity contribution in [3.8, 4) is 0 Å². The Balaban J connectivity index is 2.06. The number of aldehydes is 1. The quantitative estimate of drug-likeness (QED) is 0.599. The van der Waals surface area contributed by atoms with Crippen molar-refractivity contribution in [3.05, 3.63) is 63.9 Å². The summed E-state index contributed by atoms with van der Waals surface area (Å²) in [6.07, 6.45) is 0.808. The van der Waals surface area contributed by atoms with Crippen molar-refractivity contribution < 1.29 is 9.18 Å². The predicted molar refractivity (Wildman–Crippen MR) is 75.5 cm³/mol. The van der Waals surface area contributed by atoms with Gasteiger partial charge in [-0.05, 0) is 35.9 Å². The van der Waals surface area contributed by atoms with Gasteiger partial charge in [0.2, 0.25) is 0 Å². The Morgan fingerprint density at radius 2 is 1.89 bits per heavy atom. The molecule has 0 atom stereocenters. The SMILES string of the molecule is O=Cc1ccc(SCc2cc(Br)ccc2F)cc1. The van der Waals surface area contributed by atoms with Crippen molar-refractivity contribution in [2.75, 3.05) is 0 Å². The minimum absolute atomic E-state index is 0.199. The van der Waals surface area contributed by atoms with Gasteiger partial charge in [0.05, 0.1) is 0 Å². The van der Waals surface area contributed by atoms with Gasteiger partial charge in [0.25, 0.3) is 0 Å². The first-order valence-corrected chi connectivity index (χ1v) is 7.09. The molecule has 0 radical (unpaired) electrons. The molecule has 0 unspecified atom stereocenters. The van der Waals surface area contributed by atoms with Crippen LogP contribution in [0.3, 0.4) is 0 Å². The summed E-state index contributed by atoms with van der Waals surface area (Å²) in [6, 6.07) is 12.2. The Bertz CT molecular complexity index is 554. The lowest BCUT2D eigenvalue weighted by atomic mass is 10.2. The summed E-state index contributed by atoms with van der Waals surface area (Å²) in [5, 5.41) is 0. The molecule has 1 nitrogen and oxygen atoms in total. The Labute approximate surface area is 118 Å². The summed E-state index contributed by atoms with van der Waals surface area (Å²) >= 11 is 4.87. The summed E-state index contributed by atoms with van der Waals surface area (Å²) in [4.78, 5) is 11.5. The van der Waals surface area contributed by atoms with E-state index in [0.717, 1.165) is 15.7 Å². The lowest BCUT2D eigenvalue weighted by molar-refractivity contribution is 0.112. The normalized spacial score (nSPS) is 10.3. The fraction of sp³-hybridized carbons (Fsp3) is 0.0714. The standard InChI is InChI=1S/C14H10BrFOS/c15-12-3-6-14(16)11(7-12)9-18-13-4-1-10(8-17)2-5-13/h1-8H,9H2. The maximum Gasteiger partial charge on any atom is 0.150 e. The molecule has 2 aromatic rings. The lowest BCUT2D eigenvalue weighted by Crippen LogP contribution is -1.87. The third-order valence-corrected chi connectivity index (χ3v) is 3.97. The summed E-state index contributed by atoms with van der Waals surface area (Å²) < 4.78 is 14.4. The average Bonchev–Trinajstić information content (AvgIpc) is 2.40. The van der Waals surface area contributed by atoms with E-state index in [1.54, 1.807) is 24.3 Å². The lowest BCUT2D eigenvalue weighted by Gasteiger charge is -2.04. The van der Waals surface area contributed by atoms with Crippen LogP contribution >= 0.6 is 27.7 Å². The highest BCUT2D eigenvalue weighted by atomic mass is 79.9. The molecule has 2 aromatic carbocycles. The highest BCUT2D eigenvalue weighted by molar-refractivity contribution is 9.10. The van der Waals surface area contributed by atoms with E-state index in [9.17, 15) is 9.18 Å². The number of carbonyl (C=O) groups excluding carboxylic acids is 1. The first-order chi connectivity index (χ1) is 8.69. The first-order valence-electron chi connectivity index (χ1n) is 5.31. The number of hydrogen-bond donors (Lipinski definition) is 0. The molecule has 0 N–H and O–H groups in total. The summed E-state index contributed by atoms with van der Waals surface area (Å²) in [7, 11) is 0. The van der Waals surface area contributed by atoms with Crippen LogP contribution in [0.2, 0.25) is 0 Å². The zero-order valence-electron chi connectivity index (χ0n) is 9.40. The van der Waals surface area contributed by atoms with Crippen molar-refractivity contribution in [2.24, 2.45) is 0 Å². The molecule has 0 aliphatic heterocycles. The monoisotopic (exact) mass is 324 g/mol. The van der Waals surface area contributed by atoms with Crippen LogP contribution in [0, 0.1) is 5.82 Å². The predicted octanol–water partition coefficient (Wildman–Crippen LogP) is 4.69. The highest BCUT2D eigenvalue weighted by Gasteiger charge is 2.04. The van der Waals surface area contributed by atoms with E-state index in [4.69, 9.17) is 0 Å². The van der Waals surface area contributed by atoms with Crippen LogP contribution in [-0.2, 0) is 5.75 Å². The van der Waals surface area contributed by atoms with Gasteiger partial charge in [-0.25, -0.2) is 4.39 Å². The van der Waals surface area contributed by atoms with Gasteiger partial charge in [0.1, 0.15) is 12.1 Å². The molecule has 0 aliphatic carbocycles. The molecule has 92 valence electrons. The van der Waals surface area contributed by atoms with Gasteiger partial charge < -0.3 is 0 Å². The molecule has 0 saturated heterocycles. The molecule has 18 heavy (non-hydrogen) atoms. The van der Waals surface area contributed by atoms with E-state index in [1.807, 2.05) is 12.1 Å². The molecule has 0 fully saturated rings. The van der Waals surface area contributed by atoms with Crippen LogP contribution in [0.15, 0.2) is 51.8 Å². The molecule has 2 rings (SSSR count). The second-order valence-corrected chi connectivity index (χ2v) is 5.68. The Kier molecular flexibility index (Phi) is 4.55. The molecule has 0 spiro atoms. The third kappa shape index (κ3) is 3.43. The van der Waals surface area contributed by atoms with Crippen LogP contribution < -0.4 is 0 Å². The number of thioether (sulfide) groups is 1. The smallest absolute Gasteiger partial charge is 0.150 e. The van der Waals surface area contributed by atoms with Crippen molar-refractivity contribution in [1.29, 1.82) is 0 Å². The molecule has 0 aromatic heterocycles. The summed E-state index contributed by atoms with van der Waals surface area (Å²) in [6.45, 7) is 0. The molecular formula is C14H10BrFOS. The van der Waals surface area contributed by atoms with Gasteiger partial charge in [-0.2, -0.15) is 0 Å². The van der Waals surface area contributed by atoms with E-state index < -0.39 is 0 Å². The van der Waals surface area contributed by atoms with Gasteiger partial charge in [-0.1, -0.05) is 28.1 Å². The highest BCUT2D eigenvalue weighted by Crippen LogP contribution is 2.25. The van der Waals surface area contributed by atoms with Crippen LogP contribution in [-0.4, -0.2) is 6.29 Å². The fourth-order valence-electron chi connectivity index (χ4n) is 1.46. The topological polar surface area (TPSA) is 17.1 Å². The molecule has 0 saturated carbocycles. The van der Waals surface area contributed by atoms with Crippen molar-refractivity contribution in [3.63, 3.8) is 0 Å². The molecular weight excluding hydrogens is 315 g/mol. The molecule has 0 bridgehead atoms. The molecule has 0 aliphatic rings. The van der Waals surface area contributed by atoms with Gasteiger partial charge in [-0.15, -0.1) is 11.8 Å². The molecule has 0 amide bonds. The second kappa shape index (κ2) is 6.16. The number of rotatable bonds is 4. The summed E-state index contributed by atoms with van der Waals surface area (Å²) in [5.41, 5.74) is 1.31. The second-order valence-electron chi connectivity index (χ2n) is 3.71. The van der Waals surface area contributed by atoms with Crippen molar-refractivity contribution >= 4 is 34.0 Å². The maximum atomic E-state index is 13.5. The number of benzene rings is 2. The first kappa shape index (κ1) is 13.3. The molecule has 4 heteroatoms. The van der Waals surface area contributed by atoms with Gasteiger partial charge in [-0.3, -0.25) is 4.79 Å². The van der Waals surface area contributed by atoms with Crippen molar-refractivity contribution in [2.45, 2.75) is 10.6 Å². The van der Waals surface area contributed by atoms with Gasteiger partial charge >= 0.3 is 0 Å². The van der Waals surface area contributed by atoms with Gasteiger partial charge in [0, 0.05) is 20.7 Å². The summed E-state index contributed by atoms with van der Waals surface area (Å²) in [5.74, 6) is 0.362. The fourth-order valence-corrected chi connectivity index (χ4v) is 2.74. The van der Waals surface area contributed by atoms with E-state index in [1.165, 1.54) is 17.8 Å². The average molecular weight is 325 g/mol. The van der Waals surface area contributed by atoms with Crippen LogP contribution in [0.1, 0.15) is 15.9 Å². The largest absolute Gasteiger partial charge is 0.298 e. The van der Waals surface area contributed by atoms with Gasteiger partial charge in [0.15, 0.2) is 0 Å². The zero-order chi connectivity index (χ0) is 13.0. The Morgan fingerprint density at radius 3 is 2.56 bits per heavy atom. The van der Waals surface area contributed by atoms with E-state index in [0.29, 0.717) is 16.9 Å². The van der Waals surface area contributed by atoms with Crippen molar-refractivity contribution in [1.82, 2.24) is 0 Å². The number of carbonyl (C=O) groups is 1. The van der Waals surface area contributed by atoms with E-state index >= 15 is 0 Å². The van der Waals surface area contributed by atoms with Crippen LogP contribution in [0.5, 0.6) is 0 Å². The van der Waals surface area contributed by atoms with E-state index in [-0.39, 0.29) is 5.82 Å². The maximum absolute atomic E-state index is 13.5. The number of hydrogen-bond acceptors (Lipinski definition) is 2. The van der Waals surface area contributed by atoms with E-state index in [2.05, 4.69) is 15.9 Å². The minimum atomic E-state index is -0.199. The zero-order valence-corrected chi connectivity index (χ0v) is 11.8. The third-order valence-electron chi connectivity index (χ3n) is 2.42. The van der Waals surface area contributed by atoms with Crippen LogP contribution in [0.25, 0.3) is 0 Å².